The molecule has 4 nitrogen and oxygen atoms in total. The van der Waals surface area contributed by atoms with Gasteiger partial charge in [0, 0.05) is 24.8 Å². The highest BCUT2D eigenvalue weighted by atomic mass is 16.1. The van der Waals surface area contributed by atoms with Crippen LogP contribution in [0.15, 0.2) is 89.9 Å². The monoisotopic (exact) mass is 369 g/mol. The van der Waals surface area contributed by atoms with Crippen LogP contribution in [0.4, 0.5) is 0 Å². The van der Waals surface area contributed by atoms with E-state index in [0.717, 1.165) is 17.7 Å². The fourth-order valence-corrected chi connectivity index (χ4v) is 3.42. The number of aryl methyl sites for hydroxylation is 1. The molecule has 2 aromatic heterocycles. The van der Waals surface area contributed by atoms with Crippen molar-refractivity contribution in [2.24, 2.45) is 0 Å². The molecule has 2 aromatic carbocycles. The number of pyridine rings is 1. The lowest BCUT2D eigenvalue weighted by atomic mass is 9.99. The van der Waals surface area contributed by atoms with Crippen LogP contribution >= 0.6 is 0 Å². The van der Waals surface area contributed by atoms with E-state index in [1.165, 1.54) is 11.1 Å². The molecule has 0 aliphatic rings. The molecule has 1 N–H and O–H groups in total. The Labute approximate surface area is 164 Å². The lowest BCUT2D eigenvalue weighted by Crippen LogP contribution is -2.25. The normalized spacial score (nSPS) is 12.2. The first-order chi connectivity index (χ1) is 13.7. The molecule has 0 radical (unpaired) electrons. The Morgan fingerprint density at radius 2 is 1.68 bits per heavy atom. The number of rotatable bonds is 6. The maximum Gasteiger partial charge on any atom is 0.258 e. The summed E-state index contributed by atoms with van der Waals surface area (Å²) in [7, 11) is 0. The Kier molecular flexibility index (Phi) is 5.31. The minimum absolute atomic E-state index is 0.0511. The summed E-state index contributed by atoms with van der Waals surface area (Å²) in [6.07, 6.45) is 2.70. The minimum atomic E-state index is -0.0511. The molecule has 28 heavy (non-hydrogen) atoms. The third-order valence-electron chi connectivity index (χ3n) is 4.87. The van der Waals surface area contributed by atoms with Gasteiger partial charge in [0.15, 0.2) is 0 Å². The lowest BCUT2D eigenvalue weighted by molar-refractivity contribution is 0.525. The van der Waals surface area contributed by atoms with E-state index in [4.69, 9.17) is 0 Å². The minimum Gasteiger partial charge on any atom is -0.304 e. The number of fused-ring (bicyclic) bond motifs is 1. The average molecular weight is 369 g/mol. The first-order valence-electron chi connectivity index (χ1n) is 9.50. The van der Waals surface area contributed by atoms with Crippen molar-refractivity contribution < 1.29 is 0 Å². The van der Waals surface area contributed by atoms with E-state index in [1.54, 1.807) is 10.5 Å². The van der Waals surface area contributed by atoms with Gasteiger partial charge in [0.25, 0.3) is 5.56 Å². The van der Waals surface area contributed by atoms with Gasteiger partial charge >= 0.3 is 0 Å². The van der Waals surface area contributed by atoms with Crippen LogP contribution < -0.4 is 10.9 Å². The summed E-state index contributed by atoms with van der Waals surface area (Å²) in [5.41, 5.74) is 4.90. The van der Waals surface area contributed by atoms with Crippen molar-refractivity contribution in [2.75, 3.05) is 0 Å². The van der Waals surface area contributed by atoms with Crippen molar-refractivity contribution in [3.05, 3.63) is 118 Å². The average Bonchev–Trinajstić information content (AvgIpc) is 2.73. The Morgan fingerprint density at radius 3 is 2.43 bits per heavy atom. The van der Waals surface area contributed by atoms with E-state index in [0.29, 0.717) is 12.2 Å². The molecule has 2 heterocycles. The number of nitrogens with one attached hydrogen (secondary N) is 1. The van der Waals surface area contributed by atoms with Gasteiger partial charge in [-0.15, -0.1) is 0 Å². The summed E-state index contributed by atoms with van der Waals surface area (Å²) in [5.74, 6) is 0. The van der Waals surface area contributed by atoms with Crippen molar-refractivity contribution in [3.8, 4) is 0 Å². The van der Waals surface area contributed by atoms with Gasteiger partial charge in [0.05, 0.1) is 5.69 Å². The molecular formula is C24H23N3O. The zero-order valence-corrected chi connectivity index (χ0v) is 15.9. The number of nitrogens with zero attached hydrogens (tertiary/aromatic N) is 2. The molecule has 0 spiro atoms. The largest absolute Gasteiger partial charge is 0.304 e. The standard InChI is InChI=1S/C24H23N3O/c1-18-12-13-23-26-21(15-24(28)27(23)17-18)16-25-22(20-10-6-3-7-11-20)14-19-8-4-2-5-9-19/h2-13,15,17,22,25H,14,16H2,1H3. The van der Waals surface area contributed by atoms with Crippen LogP contribution in [0.5, 0.6) is 0 Å². The molecule has 4 rings (SSSR count). The van der Waals surface area contributed by atoms with Gasteiger partial charge in [0.2, 0.25) is 0 Å². The van der Waals surface area contributed by atoms with Crippen LogP contribution in [0, 0.1) is 6.92 Å². The second-order valence-electron chi connectivity index (χ2n) is 7.05. The predicted molar refractivity (Wildman–Crippen MR) is 112 cm³/mol. The molecule has 1 unspecified atom stereocenters. The Bertz CT molecular complexity index is 1120. The molecule has 0 aliphatic carbocycles. The highest BCUT2D eigenvalue weighted by molar-refractivity contribution is 5.40. The van der Waals surface area contributed by atoms with Gasteiger partial charge in [-0.2, -0.15) is 0 Å². The van der Waals surface area contributed by atoms with Crippen LogP contribution in [0.2, 0.25) is 0 Å². The SMILES string of the molecule is Cc1ccc2nc(CNC(Cc3ccccc3)c3ccccc3)cc(=O)n2c1. The zero-order valence-electron chi connectivity index (χ0n) is 15.9. The van der Waals surface area contributed by atoms with Gasteiger partial charge < -0.3 is 5.32 Å². The van der Waals surface area contributed by atoms with E-state index < -0.39 is 0 Å². The number of aromatic nitrogens is 2. The molecule has 0 amide bonds. The molecule has 140 valence electrons. The van der Waals surface area contributed by atoms with Crippen molar-refractivity contribution in [2.45, 2.75) is 25.9 Å². The van der Waals surface area contributed by atoms with Gasteiger partial charge in [-0.25, -0.2) is 4.98 Å². The zero-order chi connectivity index (χ0) is 19.3. The number of hydrogen-bond donors (Lipinski definition) is 1. The first-order valence-corrected chi connectivity index (χ1v) is 9.50. The molecule has 0 fully saturated rings. The summed E-state index contributed by atoms with van der Waals surface area (Å²) >= 11 is 0. The smallest absolute Gasteiger partial charge is 0.258 e. The fourth-order valence-electron chi connectivity index (χ4n) is 3.42. The molecule has 4 heteroatoms. The second-order valence-corrected chi connectivity index (χ2v) is 7.05. The summed E-state index contributed by atoms with van der Waals surface area (Å²) in [5, 5.41) is 3.59. The molecule has 0 saturated carbocycles. The maximum atomic E-state index is 12.5. The van der Waals surface area contributed by atoms with Gasteiger partial charge in [-0.3, -0.25) is 9.20 Å². The van der Waals surface area contributed by atoms with Crippen molar-refractivity contribution in [1.82, 2.24) is 14.7 Å². The van der Waals surface area contributed by atoms with Crippen molar-refractivity contribution in [3.63, 3.8) is 0 Å². The van der Waals surface area contributed by atoms with Crippen LogP contribution in [0.25, 0.3) is 5.65 Å². The van der Waals surface area contributed by atoms with Crippen molar-refractivity contribution in [1.29, 1.82) is 0 Å². The number of benzene rings is 2. The Hall–Kier alpha value is -3.24. The van der Waals surface area contributed by atoms with E-state index in [9.17, 15) is 4.79 Å². The summed E-state index contributed by atoms with van der Waals surface area (Å²) in [6.45, 7) is 2.50. The summed E-state index contributed by atoms with van der Waals surface area (Å²) in [4.78, 5) is 17.1. The third-order valence-corrected chi connectivity index (χ3v) is 4.87. The third kappa shape index (κ3) is 4.18. The Morgan fingerprint density at radius 1 is 0.964 bits per heavy atom. The molecule has 4 aromatic rings. The predicted octanol–water partition coefficient (Wildman–Crippen LogP) is 4.08. The van der Waals surface area contributed by atoms with Crippen LogP contribution in [-0.4, -0.2) is 9.38 Å². The Balaban J connectivity index is 1.58. The molecule has 0 saturated heterocycles. The lowest BCUT2D eigenvalue weighted by Gasteiger charge is -2.19. The first kappa shape index (κ1) is 18.1. The van der Waals surface area contributed by atoms with Gasteiger partial charge in [-0.1, -0.05) is 66.7 Å². The number of hydrogen-bond acceptors (Lipinski definition) is 3. The van der Waals surface area contributed by atoms with E-state index in [2.05, 4.69) is 58.8 Å². The topological polar surface area (TPSA) is 46.4 Å². The molecular weight excluding hydrogens is 346 g/mol. The second kappa shape index (κ2) is 8.19. The maximum absolute atomic E-state index is 12.5. The quantitative estimate of drug-likeness (QED) is 0.557. The molecule has 0 aliphatic heterocycles. The van der Waals surface area contributed by atoms with Crippen LogP contribution in [-0.2, 0) is 13.0 Å². The van der Waals surface area contributed by atoms with E-state index >= 15 is 0 Å². The molecule has 1 atom stereocenters. The summed E-state index contributed by atoms with van der Waals surface area (Å²) < 4.78 is 1.59. The van der Waals surface area contributed by atoms with Crippen LogP contribution in [0.1, 0.15) is 28.4 Å². The van der Waals surface area contributed by atoms with Gasteiger partial charge in [0.1, 0.15) is 5.65 Å². The highest BCUT2D eigenvalue weighted by Crippen LogP contribution is 2.19. The fraction of sp³-hybridized carbons (Fsp3) is 0.167. The van der Waals surface area contributed by atoms with E-state index in [1.807, 2.05) is 37.4 Å². The van der Waals surface area contributed by atoms with Gasteiger partial charge in [-0.05, 0) is 36.1 Å². The molecule has 0 bridgehead atoms. The summed E-state index contributed by atoms with van der Waals surface area (Å²) in [6, 6.07) is 26.4. The van der Waals surface area contributed by atoms with Crippen LogP contribution in [0.3, 0.4) is 0 Å². The van der Waals surface area contributed by atoms with E-state index in [-0.39, 0.29) is 11.6 Å². The van der Waals surface area contributed by atoms with Crippen molar-refractivity contribution >= 4 is 5.65 Å². The highest BCUT2D eigenvalue weighted by Gasteiger charge is 2.13.